The molecular weight excluding hydrogens is 241 g/mol. The Balaban J connectivity index is 2.02. The third kappa shape index (κ3) is 1.85. The molecule has 3 nitrogen and oxygen atoms in total. The first-order chi connectivity index (χ1) is 9.19. The molecule has 1 N–H and O–H groups in total. The number of hydrogen-bond donors (Lipinski definition) is 1. The van der Waals surface area contributed by atoms with Crippen molar-refractivity contribution in [2.75, 3.05) is 4.90 Å². The number of nitrogens with zero attached hydrogens (tertiary/aromatic N) is 2. The van der Waals surface area contributed by atoms with E-state index in [2.05, 4.69) is 6.07 Å². The summed E-state index contributed by atoms with van der Waals surface area (Å²) in [5.74, 6) is -0.0688. The van der Waals surface area contributed by atoms with E-state index in [1.165, 1.54) is 12.1 Å². The Morgan fingerprint density at radius 2 is 2.05 bits per heavy atom. The van der Waals surface area contributed by atoms with Crippen LogP contribution in [0.4, 0.5) is 10.1 Å². The summed E-state index contributed by atoms with van der Waals surface area (Å²) in [6, 6.07) is 13.6. The van der Waals surface area contributed by atoms with Crippen molar-refractivity contribution in [2.45, 2.75) is 6.54 Å². The number of nitriles is 1. The van der Waals surface area contributed by atoms with Crippen LogP contribution >= 0.6 is 0 Å². The smallest absolute Gasteiger partial charge is 0.133 e. The van der Waals surface area contributed by atoms with E-state index in [1.54, 1.807) is 29.2 Å². The van der Waals surface area contributed by atoms with Gasteiger partial charge in [0, 0.05) is 11.3 Å². The topological polar surface area (TPSA) is 50.9 Å². The van der Waals surface area contributed by atoms with Crippen LogP contribution in [0.25, 0.3) is 0 Å². The predicted octanol–water partition coefficient (Wildman–Crippen LogP) is 3.04. The van der Waals surface area contributed by atoms with Crippen LogP contribution in [0.3, 0.4) is 0 Å². The Hall–Kier alpha value is -2.67. The van der Waals surface area contributed by atoms with Crippen molar-refractivity contribution in [3.8, 4) is 6.07 Å². The third-order valence-corrected chi connectivity index (χ3v) is 3.21. The normalized spacial score (nSPS) is 13.3. The molecule has 0 radical (unpaired) electrons. The summed E-state index contributed by atoms with van der Waals surface area (Å²) >= 11 is 0. The molecule has 2 aromatic carbocycles. The second-order valence-electron chi connectivity index (χ2n) is 4.40. The summed E-state index contributed by atoms with van der Waals surface area (Å²) in [6.45, 7) is 0.531. The van der Waals surface area contributed by atoms with E-state index in [4.69, 9.17) is 10.7 Å². The maximum Gasteiger partial charge on any atom is 0.133 e. The molecule has 2 aromatic rings. The van der Waals surface area contributed by atoms with Gasteiger partial charge in [0.1, 0.15) is 11.7 Å². The zero-order valence-electron chi connectivity index (χ0n) is 10.0. The van der Waals surface area contributed by atoms with Gasteiger partial charge in [-0.1, -0.05) is 12.1 Å². The van der Waals surface area contributed by atoms with E-state index in [0.29, 0.717) is 17.7 Å². The first-order valence-electron chi connectivity index (χ1n) is 5.84. The second-order valence-corrected chi connectivity index (χ2v) is 4.40. The molecule has 0 spiro atoms. The molecule has 19 heavy (non-hydrogen) atoms. The van der Waals surface area contributed by atoms with Gasteiger partial charge in [0.2, 0.25) is 0 Å². The molecule has 92 valence electrons. The Morgan fingerprint density at radius 3 is 2.84 bits per heavy atom. The van der Waals surface area contributed by atoms with Crippen LogP contribution in [0.1, 0.15) is 16.7 Å². The second kappa shape index (κ2) is 4.21. The van der Waals surface area contributed by atoms with Crippen LogP contribution in [0.5, 0.6) is 0 Å². The van der Waals surface area contributed by atoms with Gasteiger partial charge in [-0.2, -0.15) is 5.26 Å². The molecule has 1 aliphatic rings. The van der Waals surface area contributed by atoms with Gasteiger partial charge in [0.15, 0.2) is 0 Å². The Bertz CT molecular complexity index is 716. The molecule has 3 rings (SSSR count). The summed E-state index contributed by atoms with van der Waals surface area (Å²) < 4.78 is 13.2. The number of anilines is 1. The fraction of sp³-hybridized carbons (Fsp3) is 0.0667. The van der Waals surface area contributed by atoms with E-state index in [0.717, 1.165) is 11.3 Å². The molecule has 0 aliphatic carbocycles. The lowest BCUT2D eigenvalue weighted by atomic mass is 10.1. The van der Waals surface area contributed by atoms with Gasteiger partial charge in [-0.05, 0) is 35.9 Å². The summed E-state index contributed by atoms with van der Waals surface area (Å²) in [5.41, 5.74) is 2.87. The molecule has 4 heteroatoms. The van der Waals surface area contributed by atoms with Crippen LogP contribution in [-0.2, 0) is 6.54 Å². The first-order valence-corrected chi connectivity index (χ1v) is 5.84. The van der Waals surface area contributed by atoms with Crippen molar-refractivity contribution in [1.82, 2.24) is 0 Å². The van der Waals surface area contributed by atoms with Crippen molar-refractivity contribution in [2.24, 2.45) is 0 Å². The van der Waals surface area contributed by atoms with E-state index in [1.807, 2.05) is 6.07 Å². The molecule has 0 aromatic heterocycles. The zero-order valence-corrected chi connectivity index (χ0v) is 10.0. The minimum absolute atomic E-state index is 0.268. The summed E-state index contributed by atoms with van der Waals surface area (Å²) in [7, 11) is 0. The zero-order chi connectivity index (χ0) is 13.4. The van der Waals surface area contributed by atoms with Gasteiger partial charge < -0.3 is 4.90 Å². The molecule has 0 bridgehead atoms. The fourth-order valence-corrected chi connectivity index (χ4v) is 2.27. The molecule has 0 unspecified atom stereocenters. The van der Waals surface area contributed by atoms with Crippen LogP contribution in [-0.4, -0.2) is 5.84 Å². The third-order valence-electron chi connectivity index (χ3n) is 3.21. The maximum absolute atomic E-state index is 13.2. The molecule has 0 fully saturated rings. The number of halogens is 1. The van der Waals surface area contributed by atoms with E-state index in [-0.39, 0.29) is 11.7 Å². The highest BCUT2D eigenvalue weighted by molar-refractivity contribution is 6.11. The summed E-state index contributed by atoms with van der Waals surface area (Å²) in [5, 5.41) is 17.0. The monoisotopic (exact) mass is 251 g/mol. The number of hydrogen-bond acceptors (Lipinski definition) is 2. The van der Waals surface area contributed by atoms with Gasteiger partial charge >= 0.3 is 0 Å². The van der Waals surface area contributed by atoms with Gasteiger partial charge in [-0.15, -0.1) is 0 Å². The van der Waals surface area contributed by atoms with Crippen LogP contribution in [0, 0.1) is 22.6 Å². The highest BCUT2D eigenvalue weighted by atomic mass is 19.1. The molecule has 0 saturated heterocycles. The van der Waals surface area contributed by atoms with E-state index < -0.39 is 0 Å². The standard InChI is InChI=1S/C15H10FN3/c16-12-5-4-11-9-19(15(18)14(11)7-12)13-3-1-2-10(6-13)8-17/h1-7,18H,9H2. The molecule has 0 atom stereocenters. The Labute approximate surface area is 110 Å². The SMILES string of the molecule is N#Cc1cccc(N2Cc3ccc(F)cc3C2=N)c1. The van der Waals surface area contributed by atoms with Crippen LogP contribution < -0.4 is 4.90 Å². The highest BCUT2D eigenvalue weighted by Crippen LogP contribution is 2.29. The lowest BCUT2D eigenvalue weighted by molar-refractivity contribution is 0.627. The minimum atomic E-state index is -0.337. The van der Waals surface area contributed by atoms with Gasteiger partial charge in [-0.25, -0.2) is 4.39 Å². The average molecular weight is 251 g/mol. The summed E-state index contributed by atoms with van der Waals surface area (Å²) in [4.78, 5) is 1.77. The van der Waals surface area contributed by atoms with E-state index in [9.17, 15) is 4.39 Å². The molecule has 1 aliphatic heterocycles. The number of benzene rings is 2. The molecule has 1 heterocycles. The quantitative estimate of drug-likeness (QED) is 0.846. The van der Waals surface area contributed by atoms with Gasteiger partial charge in [0.05, 0.1) is 18.2 Å². The van der Waals surface area contributed by atoms with Gasteiger partial charge in [0.25, 0.3) is 0 Å². The van der Waals surface area contributed by atoms with Gasteiger partial charge in [-0.3, -0.25) is 5.41 Å². The molecule has 0 saturated carbocycles. The number of nitrogens with one attached hydrogen (secondary N) is 1. The summed E-state index contributed by atoms with van der Waals surface area (Å²) in [6.07, 6.45) is 0. The van der Waals surface area contributed by atoms with E-state index >= 15 is 0 Å². The lowest BCUT2D eigenvalue weighted by Gasteiger charge is -2.18. The minimum Gasteiger partial charge on any atom is -0.322 e. The average Bonchev–Trinajstić information content (AvgIpc) is 2.76. The Morgan fingerprint density at radius 1 is 1.21 bits per heavy atom. The largest absolute Gasteiger partial charge is 0.322 e. The highest BCUT2D eigenvalue weighted by Gasteiger charge is 2.25. The van der Waals surface area contributed by atoms with Crippen LogP contribution in [0.15, 0.2) is 42.5 Å². The van der Waals surface area contributed by atoms with Crippen molar-refractivity contribution in [1.29, 1.82) is 10.7 Å². The van der Waals surface area contributed by atoms with Crippen molar-refractivity contribution < 1.29 is 4.39 Å². The van der Waals surface area contributed by atoms with Crippen molar-refractivity contribution in [3.63, 3.8) is 0 Å². The molecule has 0 amide bonds. The number of rotatable bonds is 1. The van der Waals surface area contributed by atoms with Crippen molar-refractivity contribution in [3.05, 3.63) is 65.0 Å². The fourth-order valence-electron chi connectivity index (χ4n) is 2.27. The first kappa shape index (κ1) is 11.4. The lowest BCUT2D eigenvalue weighted by Crippen LogP contribution is -2.23. The maximum atomic E-state index is 13.2. The number of fused-ring (bicyclic) bond motifs is 1. The molecular formula is C15H10FN3. The Kier molecular flexibility index (Phi) is 2.53. The predicted molar refractivity (Wildman–Crippen MR) is 70.6 cm³/mol. The van der Waals surface area contributed by atoms with Crippen LogP contribution in [0.2, 0.25) is 0 Å². The number of amidine groups is 1. The van der Waals surface area contributed by atoms with Crippen molar-refractivity contribution >= 4 is 11.5 Å².